The van der Waals surface area contributed by atoms with Crippen molar-refractivity contribution in [1.29, 1.82) is 0 Å². The van der Waals surface area contributed by atoms with Gasteiger partial charge in [0.2, 0.25) is 0 Å². The first-order valence-corrected chi connectivity index (χ1v) is 10.0. The van der Waals surface area contributed by atoms with Gasteiger partial charge in [-0.3, -0.25) is 0 Å². The van der Waals surface area contributed by atoms with Crippen molar-refractivity contribution in [3.05, 3.63) is 52.9 Å². The van der Waals surface area contributed by atoms with Crippen LogP contribution in [0.1, 0.15) is 70.0 Å². The Bertz CT molecular complexity index is 1100. The van der Waals surface area contributed by atoms with Gasteiger partial charge in [-0.2, -0.15) is 0 Å². The number of fused-ring (bicyclic) bond motifs is 7. The number of hydrogen-bond acceptors (Lipinski definition) is 2. The summed E-state index contributed by atoms with van der Waals surface area (Å²) in [6.07, 6.45) is 2.11. The summed E-state index contributed by atoms with van der Waals surface area (Å²) in [5.74, 6) is 1.16. The maximum absolute atomic E-state index is 6.60. The van der Waals surface area contributed by atoms with E-state index >= 15 is 0 Å². The molecule has 3 aromatic rings. The van der Waals surface area contributed by atoms with E-state index in [0.29, 0.717) is 0 Å². The highest BCUT2D eigenvalue weighted by Gasteiger charge is 2.66. The summed E-state index contributed by atoms with van der Waals surface area (Å²) in [5, 5.41) is 0. The van der Waals surface area contributed by atoms with Crippen LogP contribution in [0.4, 0.5) is 5.69 Å². The molecule has 3 heteroatoms. The summed E-state index contributed by atoms with van der Waals surface area (Å²) in [7, 11) is 2.12. The van der Waals surface area contributed by atoms with Gasteiger partial charge in [0.1, 0.15) is 11.3 Å². The van der Waals surface area contributed by atoms with Crippen LogP contribution in [0.15, 0.2) is 34.9 Å². The maximum Gasteiger partial charge on any atom is 0.152 e. The Morgan fingerprint density at radius 3 is 2.44 bits per heavy atom. The van der Waals surface area contributed by atoms with Crippen molar-refractivity contribution in [2.45, 2.75) is 65.5 Å². The average Bonchev–Trinajstić information content (AvgIpc) is 3.20. The fourth-order valence-electron chi connectivity index (χ4n) is 5.99. The molecule has 2 aliphatic rings. The minimum Gasteiger partial charge on any atom is -0.456 e. The topological polar surface area (TPSA) is 21.3 Å². The first kappa shape index (κ1) is 17.0. The van der Waals surface area contributed by atoms with Crippen molar-refractivity contribution in [3.8, 4) is 0 Å². The third-order valence-corrected chi connectivity index (χ3v) is 8.41. The van der Waals surface area contributed by atoms with Crippen LogP contribution in [-0.2, 0) is 18.0 Å². The van der Waals surface area contributed by atoms with Crippen molar-refractivity contribution < 1.29 is 4.42 Å². The lowest BCUT2D eigenvalue weighted by molar-refractivity contribution is 0.0521. The van der Waals surface area contributed by atoms with E-state index in [-0.39, 0.29) is 22.4 Å². The SMILES string of the molecule is Cc1cccc2c1N1[C@@H](C)c3c(oc4ccn(C)c34)C1(C)C(C)(C)C2(C)C. The van der Waals surface area contributed by atoms with Crippen molar-refractivity contribution in [1.82, 2.24) is 4.57 Å². The Labute approximate surface area is 162 Å². The Hall–Kier alpha value is -2.16. The first-order chi connectivity index (χ1) is 12.5. The van der Waals surface area contributed by atoms with Gasteiger partial charge >= 0.3 is 0 Å². The lowest BCUT2D eigenvalue weighted by Crippen LogP contribution is -2.62. The first-order valence-electron chi connectivity index (χ1n) is 10.0. The molecule has 0 aliphatic carbocycles. The van der Waals surface area contributed by atoms with Gasteiger partial charge in [-0.15, -0.1) is 0 Å². The molecule has 2 aromatic heterocycles. The van der Waals surface area contributed by atoms with Crippen LogP contribution in [0.2, 0.25) is 0 Å². The van der Waals surface area contributed by atoms with Gasteiger partial charge in [-0.05, 0) is 43.4 Å². The number of benzene rings is 1. The summed E-state index contributed by atoms with van der Waals surface area (Å²) < 4.78 is 8.81. The molecule has 3 nitrogen and oxygen atoms in total. The number of furan rings is 1. The molecule has 4 heterocycles. The second-order valence-electron chi connectivity index (χ2n) is 9.82. The van der Waals surface area contributed by atoms with Gasteiger partial charge in [0.25, 0.3) is 0 Å². The molecule has 2 atom stereocenters. The molecular formula is C24H30N2O. The molecule has 1 unspecified atom stereocenters. The molecule has 2 aliphatic heterocycles. The van der Waals surface area contributed by atoms with Gasteiger partial charge in [0.15, 0.2) is 5.58 Å². The largest absolute Gasteiger partial charge is 0.456 e. The normalized spacial score (nSPS) is 27.6. The van der Waals surface area contributed by atoms with Gasteiger partial charge in [0.05, 0.1) is 11.6 Å². The minimum absolute atomic E-state index is 0.0138. The van der Waals surface area contributed by atoms with Crippen LogP contribution in [-0.4, -0.2) is 4.57 Å². The quantitative estimate of drug-likeness (QED) is 0.475. The van der Waals surface area contributed by atoms with Crippen LogP contribution < -0.4 is 4.90 Å². The Kier molecular flexibility index (Phi) is 2.91. The van der Waals surface area contributed by atoms with E-state index in [1.54, 1.807) is 0 Å². The number of para-hydroxylation sites is 1. The van der Waals surface area contributed by atoms with Gasteiger partial charge in [0, 0.05) is 29.9 Å². The molecule has 142 valence electrons. The van der Waals surface area contributed by atoms with E-state index in [2.05, 4.69) is 95.4 Å². The van der Waals surface area contributed by atoms with Crippen molar-refractivity contribution in [3.63, 3.8) is 0 Å². The van der Waals surface area contributed by atoms with E-state index in [9.17, 15) is 0 Å². The predicted octanol–water partition coefficient (Wildman–Crippen LogP) is 6.19. The van der Waals surface area contributed by atoms with Crippen LogP contribution in [0.5, 0.6) is 0 Å². The highest BCUT2D eigenvalue weighted by Crippen LogP contribution is 2.68. The summed E-state index contributed by atoms with van der Waals surface area (Å²) in [5.41, 5.74) is 7.60. The van der Waals surface area contributed by atoms with Crippen molar-refractivity contribution in [2.24, 2.45) is 12.5 Å². The van der Waals surface area contributed by atoms with Crippen molar-refractivity contribution in [2.75, 3.05) is 4.90 Å². The van der Waals surface area contributed by atoms with E-state index < -0.39 is 0 Å². The molecule has 5 rings (SSSR count). The predicted molar refractivity (Wildman–Crippen MR) is 111 cm³/mol. The maximum atomic E-state index is 6.60. The summed E-state index contributed by atoms with van der Waals surface area (Å²) in [6, 6.07) is 9.17. The van der Waals surface area contributed by atoms with Gasteiger partial charge in [-0.1, -0.05) is 45.9 Å². The molecule has 0 saturated heterocycles. The zero-order chi connectivity index (χ0) is 19.5. The zero-order valence-electron chi connectivity index (χ0n) is 17.8. The average molecular weight is 363 g/mol. The molecule has 0 N–H and O–H groups in total. The van der Waals surface area contributed by atoms with Crippen LogP contribution >= 0.6 is 0 Å². The number of rotatable bonds is 0. The van der Waals surface area contributed by atoms with E-state index in [1.807, 2.05) is 0 Å². The fraction of sp³-hybridized carbons (Fsp3) is 0.500. The zero-order valence-corrected chi connectivity index (χ0v) is 17.8. The Balaban J connectivity index is 1.94. The highest BCUT2D eigenvalue weighted by atomic mass is 16.3. The van der Waals surface area contributed by atoms with E-state index in [1.165, 1.54) is 27.9 Å². The highest BCUT2D eigenvalue weighted by molar-refractivity contribution is 5.85. The molecule has 0 fully saturated rings. The third-order valence-electron chi connectivity index (χ3n) is 8.41. The van der Waals surface area contributed by atoms with Crippen LogP contribution in [0.3, 0.4) is 0 Å². The van der Waals surface area contributed by atoms with Gasteiger partial charge in [-0.25, -0.2) is 0 Å². The van der Waals surface area contributed by atoms with E-state index in [4.69, 9.17) is 4.42 Å². The lowest BCUT2D eigenvalue weighted by Gasteiger charge is -2.61. The fourth-order valence-corrected chi connectivity index (χ4v) is 5.99. The molecule has 0 amide bonds. The number of anilines is 1. The third kappa shape index (κ3) is 1.58. The lowest BCUT2D eigenvalue weighted by atomic mass is 9.52. The number of aryl methyl sites for hydroxylation is 2. The smallest absolute Gasteiger partial charge is 0.152 e. The molecular weight excluding hydrogens is 332 g/mol. The molecule has 0 spiro atoms. The molecule has 1 aromatic carbocycles. The molecule has 27 heavy (non-hydrogen) atoms. The number of nitrogens with zero attached hydrogens (tertiary/aromatic N) is 2. The van der Waals surface area contributed by atoms with Crippen LogP contribution in [0, 0.1) is 12.3 Å². The standard InChI is InChI=1S/C24H30N2O/c1-14-10-9-11-16-19(14)26-15(2)18-20-17(12-13-25(20)8)27-21(18)24(26,7)23(5,6)22(16,3)4/h9-13,15H,1-8H3/t15-,24?/m0/s1. The summed E-state index contributed by atoms with van der Waals surface area (Å²) >= 11 is 0. The second-order valence-corrected chi connectivity index (χ2v) is 9.82. The molecule has 0 bridgehead atoms. The van der Waals surface area contributed by atoms with Crippen molar-refractivity contribution >= 4 is 16.8 Å². The summed E-state index contributed by atoms with van der Waals surface area (Å²) in [6.45, 7) is 16.6. The Morgan fingerprint density at radius 1 is 1.04 bits per heavy atom. The summed E-state index contributed by atoms with van der Waals surface area (Å²) in [4.78, 5) is 2.66. The second kappa shape index (κ2) is 4.63. The molecule has 0 saturated carbocycles. The van der Waals surface area contributed by atoms with Crippen LogP contribution in [0.25, 0.3) is 11.1 Å². The minimum atomic E-state index is -0.205. The molecule has 0 radical (unpaired) electrons. The number of hydrogen-bond donors (Lipinski definition) is 0. The monoisotopic (exact) mass is 362 g/mol. The number of aromatic nitrogens is 1. The van der Waals surface area contributed by atoms with E-state index in [0.717, 1.165) is 11.3 Å². The van der Waals surface area contributed by atoms with Gasteiger partial charge < -0.3 is 13.9 Å². The Morgan fingerprint density at radius 2 is 1.74 bits per heavy atom.